The fourth-order valence-electron chi connectivity index (χ4n) is 5.79. The van der Waals surface area contributed by atoms with E-state index in [1.54, 1.807) is 0 Å². The molecule has 0 saturated heterocycles. The number of carbonyl (C=O) groups excluding carboxylic acids is 1. The number of aromatic nitrogens is 3. The summed E-state index contributed by atoms with van der Waals surface area (Å²) >= 11 is 0. The van der Waals surface area contributed by atoms with Crippen molar-refractivity contribution in [3.63, 3.8) is 0 Å². The maximum Gasteiger partial charge on any atom is 0.326 e. The monoisotopic (exact) mass is 513 g/mol. The van der Waals surface area contributed by atoms with Crippen LogP contribution in [0.2, 0.25) is 0 Å². The number of rotatable bonds is 9. The highest BCUT2D eigenvalue weighted by molar-refractivity contribution is 6.09. The number of ether oxygens (including phenoxy) is 1. The molecule has 1 atom stereocenters. The van der Waals surface area contributed by atoms with E-state index in [0.717, 1.165) is 66.1 Å². The lowest BCUT2D eigenvalue weighted by Gasteiger charge is -2.35. The van der Waals surface area contributed by atoms with Gasteiger partial charge in [-0.25, -0.2) is 0 Å². The highest BCUT2D eigenvalue weighted by Gasteiger charge is 2.29. The second-order valence-corrected chi connectivity index (χ2v) is 11.3. The lowest BCUT2D eigenvalue weighted by molar-refractivity contribution is -0.155. The molecule has 0 fully saturated rings. The average Bonchev–Trinajstić information content (AvgIpc) is 3.21. The van der Waals surface area contributed by atoms with E-state index in [1.165, 1.54) is 11.3 Å². The van der Waals surface area contributed by atoms with Crippen LogP contribution in [0.25, 0.3) is 21.8 Å². The highest BCUT2D eigenvalue weighted by atomic mass is 16.6. The molecule has 1 aliphatic carbocycles. The van der Waals surface area contributed by atoms with Crippen molar-refractivity contribution in [2.45, 2.75) is 77.6 Å². The van der Waals surface area contributed by atoms with Crippen LogP contribution in [0.4, 0.5) is 0 Å². The number of pyridine rings is 2. The number of fused-ring (bicyclic) bond motifs is 4. The molecule has 0 bridgehead atoms. The van der Waals surface area contributed by atoms with Crippen LogP contribution >= 0.6 is 0 Å². The smallest absolute Gasteiger partial charge is 0.326 e. The van der Waals surface area contributed by atoms with E-state index >= 15 is 0 Å². The molecule has 1 aliphatic rings. The second kappa shape index (κ2) is 11.2. The summed E-state index contributed by atoms with van der Waals surface area (Å²) in [4.78, 5) is 25.3. The van der Waals surface area contributed by atoms with E-state index in [0.29, 0.717) is 13.1 Å². The molecule has 0 aliphatic heterocycles. The third kappa shape index (κ3) is 5.59. The van der Waals surface area contributed by atoms with Crippen molar-refractivity contribution in [2.24, 2.45) is 5.73 Å². The summed E-state index contributed by atoms with van der Waals surface area (Å²) in [6.45, 7) is 8.12. The number of hydrogen-bond acceptors (Lipinski definition) is 6. The Hall–Kier alpha value is -3.29. The van der Waals surface area contributed by atoms with Gasteiger partial charge >= 0.3 is 5.97 Å². The van der Waals surface area contributed by atoms with Crippen LogP contribution in [0.5, 0.6) is 0 Å². The van der Waals surface area contributed by atoms with Gasteiger partial charge in [0, 0.05) is 35.2 Å². The van der Waals surface area contributed by atoms with E-state index in [2.05, 4.69) is 33.7 Å². The second-order valence-electron chi connectivity index (χ2n) is 11.3. The van der Waals surface area contributed by atoms with Crippen molar-refractivity contribution in [1.82, 2.24) is 19.4 Å². The van der Waals surface area contributed by atoms with E-state index in [4.69, 9.17) is 20.4 Å². The lowest BCUT2D eigenvalue weighted by atomic mass is 9.90. The number of unbranched alkanes of at least 4 members (excludes halogenated alkanes) is 1. The van der Waals surface area contributed by atoms with Crippen LogP contribution in [-0.4, -0.2) is 44.1 Å². The Morgan fingerprint density at radius 2 is 1.92 bits per heavy atom. The Morgan fingerprint density at radius 3 is 2.74 bits per heavy atom. The van der Waals surface area contributed by atoms with Gasteiger partial charge in [-0.1, -0.05) is 24.3 Å². The fourth-order valence-corrected chi connectivity index (χ4v) is 5.79. The van der Waals surface area contributed by atoms with Gasteiger partial charge in [0.05, 0.1) is 22.9 Å². The Kier molecular flexibility index (Phi) is 7.77. The predicted molar refractivity (Wildman–Crippen MR) is 152 cm³/mol. The molecule has 200 valence electrons. The van der Waals surface area contributed by atoms with Crippen LogP contribution in [0, 0.1) is 0 Å². The quantitative estimate of drug-likeness (QED) is 0.233. The summed E-state index contributed by atoms with van der Waals surface area (Å²) in [6.07, 6.45) is 9.10. The molecule has 3 aromatic heterocycles. The van der Waals surface area contributed by atoms with Gasteiger partial charge in [-0.05, 0) is 89.7 Å². The molecular formula is C31H39N5O2. The van der Waals surface area contributed by atoms with Gasteiger partial charge in [-0.15, -0.1) is 0 Å². The number of carbonyl (C=O) groups is 1. The van der Waals surface area contributed by atoms with Crippen LogP contribution < -0.4 is 5.73 Å². The SMILES string of the molecule is CC(C)(C)OC(=O)Cn1c2ccccc2c2ccnc(CN(CCCCN)C3CCCc4cccnc43)c21. The summed E-state index contributed by atoms with van der Waals surface area (Å²) in [5.74, 6) is -0.250. The molecule has 38 heavy (non-hydrogen) atoms. The van der Waals surface area contributed by atoms with Crippen molar-refractivity contribution >= 4 is 27.8 Å². The summed E-state index contributed by atoms with van der Waals surface area (Å²) in [7, 11) is 0. The van der Waals surface area contributed by atoms with Gasteiger partial charge in [0.25, 0.3) is 0 Å². The topological polar surface area (TPSA) is 86.3 Å². The molecule has 0 spiro atoms. The number of para-hydroxylation sites is 1. The zero-order valence-electron chi connectivity index (χ0n) is 22.8. The molecule has 4 aromatic rings. The first-order valence-electron chi connectivity index (χ1n) is 13.8. The minimum Gasteiger partial charge on any atom is -0.459 e. The number of esters is 1. The molecule has 2 N–H and O–H groups in total. The maximum atomic E-state index is 13.0. The zero-order valence-corrected chi connectivity index (χ0v) is 22.8. The normalized spacial score (nSPS) is 15.8. The van der Waals surface area contributed by atoms with E-state index in [1.807, 2.05) is 51.4 Å². The standard InChI is InChI=1S/C31H39N5O2/c1-31(2,3)38-28(37)21-36-26-13-5-4-12-23(26)24-15-18-33-25(30(24)36)20-35(19-7-6-16-32)27-14-8-10-22-11-9-17-34-29(22)27/h4-5,9,11-13,15,17-18,27H,6-8,10,14,16,19-21,32H2,1-3H3. The molecule has 1 unspecified atom stereocenters. The summed E-state index contributed by atoms with van der Waals surface area (Å²) in [5.41, 5.74) is 10.8. The Labute approximate surface area is 225 Å². The number of aryl methyl sites for hydroxylation is 1. The lowest BCUT2D eigenvalue weighted by Crippen LogP contribution is -2.33. The molecule has 5 rings (SSSR count). The van der Waals surface area contributed by atoms with E-state index < -0.39 is 5.60 Å². The van der Waals surface area contributed by atoms with Crippen molar-refractivity contribution in [3.8, 4) is 0 Å². The number of hydrogen-bond donors (Lipinski definition) is 1. The number of benzene rings is 1. The fraction of sp³-hybridized carbons (Fsp3) is 0.452. The van der Waals surface area contributed by atoms with E-state index in [9.17, 15) is 4.79 Å². The molecule has 0 saturated carbocycles. The third-order valence-corrected chi connectivity index (χ3v) is 7.32. The van der Waals surface area contributed by atoms with Gasteiger partial charge in [0.1, 0.15) is 12.1 Å². The third-order valence-electron chi connectivity index (χ3n) is 7.32. The molecule has 7 nitrogen and oxygen atoms in total. The summed E-state index contributed by atoms with van der Waals surface area (Å²) < 4.78 is 7.81. The summed E-state index contributed by atoms with van der Waals surface area (Å²) in [6, 6.07) is 14.8. The molecule has 0 amide bonds. The molecule has 1 aromatic carbocycles. The van der Waals surface area contributed by atoms with Crippen molar-refractivity contribution in [1.29, 1.82) is 0 Å². The maximum absolute atomic E-state index is 13.0. The zero-order chi connectivity index (χ0) is 26.7. The number of nitrogens with two attached hydrogens (primary N) is 1. The van der Waals surface area contributed by atoms with Crippen molar-refractivity contribution in [2.75, 3.05) is 13.1 Å². The molecule has 3 heterocycles. The summed E-state index contributed by atoms with van der Waals surface area (Å²) in [5, 5.41) is 2.23. The minimum atomic E-state index is -0.544. The van der Waals surface area contributed by atoms with Crippen molar-refractivity contribution < 1.29 is 9.53 Å². The first-order chi connectivity index (χ1) is 18.4. The Bertz CT molecular complexity index is 1420. The first kappa shape index (κ1) is 26.3. The van der Waals surface area contributed by atoms with Crippen LogP contribution in [0.1, 0.15) is 69.4 Å². The highest BCUT2D eigenvalue weighted by Crippen LogP contribution is 2.36. The molecule has 7 heteroatoms. The minimum absolute atomic E-state index is 0.140. The van der Waals surface area contributed by atoms with Crippen LogP contribution in [0.3, 0.4) is 0 Å². The predicted octanol–water partition coefficient (Wildman–Crippen LogP) is 5.54. The van der Waals surface area contributed by atoms with E-state index in [-0.39, 0.29) is 18.6 Å². The largest absolute Gasteiger partial charge is 0.459 e. The first-order valence-corrected chi connectivity index (χ1v) is 13.8. The Balaban J connectivity index is 1.57. The Morgan fingerprint density at radius 1 is 1.08 bits per heavy atom. The average molecular weight is 514 g/mol. The number of nitrogens with zero attached hydrogens (tertiary/aromatic N) is 4. The van der Waals surface area contributed by atoms with Gasteiger partial charge in [-0.3, -0.25) is 19.7 Å². The van der Waals surface area contributed by atoms with Crippen LogP contribution in [-0.2, 0) is 29.0 Å². The molecular weight excluding hydrogens is 474 g/mol. The molecule has 0 radical (unpaired) electrons. The van der Waals surface area contributed by atoms with Crippen LogP contribution in [0.15, 0.2) is 54.9 Å². The van der Waals surface area contributed by atoms with Gasteiger partial charge in [0.15, 0.2) is 0 Å². The van der Waals surface area contributed by atoms with Gasteiger partial charge in [0.2, 0.25) is 0 Å². The van der Waals surface area contributed by atoms with Crippen molar-refractivity contribution in [3.05, 3.63) is 71.8 Å². The van der Waals surface area contributed by atoms with Gasteiger partial charge in [-0.2, -0.15) is 0 Å². The van der Waals surface area contributed by atoms with Gasteiger partial charge < -0.3 is 15.0 Å².